The number of nitrogens with two attached hydrogens (primary N) is 1. The van der Waals surface area contributed by atoms with Gasteiger partial charge in [0.2, 0.25) is 0 Å². The van der Waals surface area contributed by atoms with Crippen molar-refractivity contribution in [2.75, 3.05) is 0 Å². The normalized spacial score (nSPS) is 12.3. The lowest BCUT2D eigenvalue weighted by Crippen LogP contribution is -2.83. The molecule has 0 aliphatic heterocycles. The number of hydrogen-bond donors (Lipinski definition) is 2. The highest BCUT2D eigenvalue weighted by molar-refractivity contribution is 6.30. The average Bonchev–Trinajstić information content (AvgIpc) is 3.02. The quantitative estimate of drug-likeness (QED) is 0.743. The van der Waals surface area contributed by atoms with E-state index in [1.165, 1.54) is 11.1 Å². The molecule has 1 aromatic heterocycles. The van der Waals surface area contributed by atoms with Crippen LogP contribution in [0.4, 0.5) is 0 Å². The van der Waals surface area contributed by atoms with E-state index in [0.29, 0.717) is 6.04 Å². The Balaban J connectivity index is 1.72. The Kier molecular flexibility index (Phi) is 4.56. The van der Waals surface area contributed by atoms with Crippen LogP contribution in [0.25, 0.3) is 11.3 Å². The van der Waals surface area contributed by atoms with Gasteiger partial charge in [-0.15, -0.1) is 0 Å². The highest BCUT2D eigenvalue weighted by Crippen LogP contribution is 2.22. The third-order valence-corrected chi connectivity index (χ3v) is 4.12. The molecule has 1 atom stereocenters. The van der Waals surface area contributed by atoms with Crippen molar-refractivity contribution in [3.63, 3.8) is 0 Å². The zero-order chi connectivity index (χ0) is 15.4. The summed E-state index contributed by atoms with van der Waals surface area (Å²) >= 11 is 5.95. The summed E-state index contributed by atoms with van der Waals surface area (Å²) in [6.07, 6.45) is 1.90. The Hall–Kier alpha value is -2.10. The van der Waals surface area contributed by atoms with Crippen molar-refractivity contribution in [1.82, 2.24) is 10.2 Å². The summed E-state index contributed by atoms with van der Waals surface area (Å²) in [6, 6.07) is 18.8. The minimum atomic E-state index is 0.411. The van der Waals surface area contributed by atoms with Gasteiger partial charge in [-0.05, 0) is 19.1 Å². The van der Waals surface area contributed by atoms with Crippen molar-refractivity contribution in [3.05, 3.63) is 76.9 Å². The van der Waals surface area contributed by atoms with Gasteiger partial charge in [-0.2, -0.15) is 5.10 Å². The maximum Gasteiger partial charge on any atom is 0.109 e. The van der Waals surface area contributed by atoms with Crippen LogP contribution in [-0.2, 0) is 6.54 Å². The largest absolute Gasteiger partial charge is 0.336 e. The maximum atomic E-state index is 5.95. The first-order valence-corrected chi connectivity index (χ1v) is 7.78. The molecular weight excluding hydrogens is 294 g/mol. The zero-order valence-corrected chi connectivity index (χ0v) is 13.2. The van der Waals surface area contributed by atoms with Crippen LogP contribution in [0.1, 0.15) is 24.1 Å². The van der Waals surface area contributed by atoms with Gasteiger partial charge in [0.15, 0.2) is 0 Å². The summed E-state index contributed by atoms with van der Waals surface area (Å²) in [4.78, 5) is 0. The molecule has 1 heterocycles. The van der Waals surface area contributed by atoms with Crippen LogP contribution in [-0.4, -0.2) is 10.2 Å². The second-order valence-corrected chi connectivity index (χ2v) is 5.85. The molecule has 22 heavy (non-hydrogen) atoms. The summed E-state index contributed by atoms with van der Waals surface area (Å²) in [5, 5.41) is 10.3. The third kappa shape index (κ3) is 3.38. The van der Waals surface area contributed by atoms with Gasteiger partial charge in [-0.25, -0.2) is 0 Å². The minimum absolute atomic E-state index is 0.411. The Morgan fingerprint density at radius 2 is 1.82 bits per heavy atom. The Bertz CT molecular complexity index is 720. The van der Waals surface area contributed by atoms with E-state index >= 15 is 0 Å². The first kappa shape index (κ1) is 14.8. The van der Waals surface area contributed by atoms with Gasteiger partial charge in [0, 0.05) is 16.1 Å². The Morgan fingerprint density at radius 3 is 2.55 bits per heavy atom. The van der Waals surface area contributed by atoms with Crippen molar-refractivity contribution < 1.29 is 5.32 Å². The molecule has 0 spiro atoms. The molecule has 0 saturated carbocycles. The molecule has 3 aromatic rings. The van der Waals surface area contributed by atoms with Crippen molar-refractivity contribution in [2.24, 2.45) is 0 Å². The summed E-state index contributed by atoms with van der Waals surface area (Å²) in [6.45, 7) is 3.10. The van der Waals surface area contributed by atoms with Crippen LogP contribution >= 0.6 is 11.6 Å². The number of hydrogen-bond acceptors (Lipinski definition) is 1. The summed E-state index contributed by atoms with van der Waals surface area (Å²) in [7, 11) is 0. The van der Waals surface area contributed by atoms with Crippen LogP contribution < -0.4 is 5.32 Å². The van der Waals surface area contributed by atoms with Gasteiger partial charge < -0.3 is 5.32 Å². The van der Waals surface area contributed by atoms with Crippen LogP contribution in [0.15, 0.2) is 60.8 Å². The van der Waals surface area contributed by atoms with E-state index in [4.69, 9.17) is 11.6 Å². The summed E-state index contributed by atoms with van der Waals surface area (Å²) < 4.78 is 0. The molecule has 0 aliphatic carbocycles. The van der Waals surface area contributed by atoms with E-state index in [-0.39, 0.29) is 0 Å². The topological polar surface area (TPSA) is 45.3 Å². The fraction of sp³-hybridized carbons (Fsp3) is 0.167. The predicted octanol–water partition coefficient (Wildman–Crippen LogP) is 3.55. The number of nitrogens with zero attached hydrogens (tertiary/aromatic N) is 1. The van der Waals surface area contributed by atoms with Crippen molar-refractivity contribution in [1.29, 1.82) is 0 Å². The van der Waals surface area contributed by atoms with Gasteiger partial charge in [0.25, 0.3) is 0 Å². The number of aromatic amines is 1. The standard InChI is InChI=1S/C18H18ClN3/c1-13(14-5-3-2-4-6-14)20-11-16-12-21-22-18(16)15-7-9-17(19)10-8-15/h2-10,12-13,20H,11H2,1H3,(H,21,22)/p+1/t13-/m0/s1. The molecule has 0 saturated heterocycles. The number of quaternary nitrogens is 1. The highest BCUT2D eigenvalue weighted by atomic mass is 35.5. The molecule has 0 bridgehead atoms. The molecule has 3 nitrogen and oxygen atoms in total. The van der Waals surface area contributed by atoms with E-state index in [0.717, 1.165) is 22.8 Å². The number of aromatic nitrogens is 2. The molecule has 0 amide bonds. The first-order chi connectivity index (χ1) is 10.7. The number of nitrogens with one attached hydrogen (secondary N) is 1. The molecule has 4 heteroatoms. The van der Waals surface area contributed by atoms with Crippen molar-refractivity contribution >= 4 is 11.6 Å². The predicted molar refractivity (Wildman–Crippen MR) is 89.5 cm³/mol. The smallest absolute Gasteiger partial charge is 0.109 e. The summed E-state index contributed by atoms with van der Waals surface area (Å²) in [5.74, 6) is 0. The van der Waals surface area contributed by atoms with E-state index in [9.17, 15) is 0 Å². The SMILES string of the molecule is C[C@H]([NH2+]Cc1cn[nH]c1-c1ccc(Cl)cc1)c1ccccc1. The molecule has 0 fully saturated rings. The first-order valence-electron chi connectivity index (χ1n) is 7.40. The fourth-order valence-corrected chi connectivity index (χ4v) is 2.65. The lowest BCUT2D eigenvalue weighted by Gasteiger charge is -2.11. The molecule has 0 unspecified atom stereocenters. The monoisotopic (exact) mass is 312 g/mol. The van der Waals surface area contributed by atoms with Crippen molar-refractivity contribution in [3.8, 4) is 11.3 Å². The molecular formula is C18H19ClN3+. The van der Waals surface area contributed by atoms with Gasteiger partial charge >= 0.3 is 0 Å². The van der Waals surface area contributed by atoms with E-state index in [1.54, 1.807) is 0 Å². The van der Waals surface area contributed by atoms with Gasteiger partial charge in [-0.1, -0.05) is 54.1 Å². The van der Waals surface area contributed by atoms with Crippen LogP contribution in [0.5, 0.6) is 0 Å². The van der Waals surface area contributed by atoms with Gasteiger partial charge in [0.05, 0.1) is 17.5 Å². The Morgan fingerprint density at radius 1 is 1.09 bits per heavy atom. The van der Waals surface area contributed by atoms with E-state index < -0.39 is 0 Å². The van der Waals surface area contributed by atoms with Crippen molar-refractivity contribution in [2.45, 2.75) is 19.5 Å². The molecule has 2 aromatic carbocycles. The van der Waals surface area contributed by atoms with E-state index in [1.807, 2.05) is 36.5 Å². The molecule has 3 rings (SSSR count). The number of halogens is 1. The number of H-pyrrole nitrogens is 1. The average molecular weight is 313 g/mol. The second-order valence-electron chi connectivity index (χ2n) is 5.42. The van der Waals surface area contributed by atoms with Crippen LogP contribution in [0.3, 0.4) is 0 Å². The van der Waals surface area contributed by atoms with Gasteiger partial charge in [-0.3, -0.25) is 5.10 Å². The Labute approximate surface area is 135 Å². The fourth-order valence-electron chi connectivity index (χ4n) is 2.53. The zero-order valence-electron chi connectivity index (χ0n) is 12.5. The highest BCUT2D eigenvalue weighted by Gasteiger charge is 2.12. The molecule has 0 radical (unpaired) electrons. The lowest BCUT2D eigenvalue weighted by atomic mass is 10.1. The minimum Gasteiger partial charge on any atom is -0.336 e. The maximum absolute atomic E-state index is 5.95. The number of rotatable bonds is 5. The second kappa shape index (κ2) is 6.77. The number of benzene rings is 2. The van der Waals surface area contributed by atoms with E-state index in [2.05, 4.69) is 46.7 Å². The molecule has 0 aliphatic rings. The third-order valence-electron chi connectivity index (χ3n) is 3.87. The summed E-state index contributed by atoms with van der Waals surface area (Å²) in [5.41, 5.74) is 4.70. The molecule has 112 valence electrons. The van der Waals surface area contributed by atoms with Crippen LogP contribution in [0, 0.1) is 0 Å². The van der Waals surface area contributed by atoms with Crippen LogP contribution in [0.2, 0.25) is 5.02 Å². The molecule has 3 N–H and O–H groups in total. The lowest BCUT2D eigenvalue weighted by molar-refractivity contribution is -0.707. The van der Waals surface area contributed by atoms with Gasteiger partial charge in [0.1, 0.15) is 12.6 Å².